The molecule has 138 valence electrons. The van der Waals surface area contributed by atoms with Gasteiger partial charge in [-0.05, 0) is 43.0 Å². The van der Waals surface area contributed by atoms with Gasteiger partial charge >= 0.3 is 0 Å². The van der Waals surface area contributed by atoms with E-state index in [4.69, 9.17) is 4.42 Å². The van der Waals surface area contributed by atoms with E-state index in [0.29, 0.717) is 11.8 Å². The summed E-state index contributed by atoms with van der Waals surface area (Å²) in [5.41, 5.74) is 3.49. The highest BCUT2D eigenvalue weighted by atomic mass is 16.3. The molecular formula is C23H24N2O2. The Morgan fingerprint density at radius 1 is 1.15 bits per heavy atom. The monoisotopic (exact) mass is 360 g/mol. The van der Waals surface area contributed by atoms with Gasteiger partial charge in [0.25, 0.3) is 5.56 Å². The van der Waals surface area contributed by atoms with Gasteiger partial charge in [0.05, 0.1) is 6.54 Å². The molecule has 2 aromatic heterocycles. The maximum Gasteiger partial charge on any atom is 0.250 e. The summed E-state index contributed by atoms with van der Waals surface area (Å²) in [7, 11) is 0. The maximum atomic E-state index is 12.4. The number of aromatic nitrogens is 1. The molecule has 4 heteroatoms. The van der Waals surface area contributed by atoms with E-state index < -0.39 is 0 Å². The summed E-state index contributed by atoms with van der Waals surface area (Å²) in [6.45, 7) is 5.68. The quantitative estimate of drug-likeness (QED) is 0.701. The first-order valence-electron chi connectivity index (χ1n) is 9.77. The van der Waals surface area contributed by atoms with Gasteiger partial charge in [-0.25, -0.2) is 0 Å². The average Bonchev–Trinajstić information content (AvgIpc) is 3.06. The summed E-state index contributed by atoms with van der Waals surface area (Å²) < 4.78 is 8.06. The molecule has 1 aromatic carbocycles. The van der Waals surface area contributed by atoms with Gasteiger partial charge in [-0.2, -0.15) is 0 Å². The SMILES string of the molecule is CC=Cc1ccc(=O)n2c1[C@H]1C[C@@H](CN(Cc3cc4ccccc4o3)C1)C2. The Balaban J connectivity index is 1.45. The van der Waals surface area contributed by atoms with E-state index in [1.165, 1.54) is 17.7 Å². The molecule has 1 fully saturated rings. The highest BCUT2D eigenvalue weighted by Crippen LogP contribution is 2.37. The van der Waals surface area contributed by atoms with Crippen LogP contribution in [0.3, 0.4) is 0 Å². The number of hydrogen-bond acceptors (Lipinski definition) is 3. The van der Waals surface area contributed by atoms with Crippen molar-refractivity contribution in [3.8, 4) is 0 Å². The zero-order valence-corrected chi connectivity index (χ0v) is 15.6. The van der Waals surface area contributed by atoms with Crippen LogP contribution in [0.25, 0.3) is 17.0 Å². The van der Waals surface area contributed by atoms with Crippen LogP contribution in [0.2, 0.25) is 0 Å². The highest BCUT2D eigenvalue weighted by molar-refractivity contribution is 5.77. The van der Waals surface area contributed by atoms with Gasteiger partial charge in [0.2, 0.25) is 0 Å². The van der Waals surface area contributed by atoms with Crippen molar-refractivity contribution in [3.05, 3.63) is 75.9 Å². The lowest BCUT2D eigenvalue weighted by atomic mass is 9.81. The molecule has 4 heterocycles. The summed E-state index contributed by atoms with van der Waals surface area (Å²) in [5.74, 6) is 1.96. The molecule has 27 heavy (non-hydrogen) atoms. The molecule has 2 atom stereocenters. The van der Waals surface area contributed by atoms with E-state index in [0.717, 1.165) is 42.9 Å². The smallest absolute Gasteiger partial charge is 0.250 e. The molecule has 0 radical (unpaired) electrons. The minimum Gasteiger partial charge on any atom is -0.460 e. The minimum atomic E-state index is 0.138. The predicted octanol–water partition coefficient (Wildman–Crippen LogP) is 4.25. The molecule has 2 aliphatic rings. The van der Waals surface area contributed by atoms with Crippen molar-refractivity contribution in [2.75, 3.05) is 13.1 Å². The number of nitrogens with zero attached hydrogens (tertiary/aromatic N) is 2. The molecule has 3 aromatic rings. The Hall–Kier alpha value is -2.59. The van der Waals surface area contributed by atoms with Crippen LogP contribution >= 0.6 is 0 Å². The largest absolute Gasteiger partial charge is 0.460 e. The van der Waals surface area contributed by atoms with E-state index in [1.54, 1.807) is 6.07 Å². The summed E-state index contributed by atoms with van der Waals surface area (Å²) in [5, 5.41) is 1.16. The Labute approximate surface area is 158 Å². The third-order valence-corrected chi connectivity index (χ3v) is 5.90. The Bertz CT molecular complexity index is 1040. The maximum absolute atomic E-state index is 12.4. The van der Waals surface area contributed by atoms with E-state index in [9.17, 15) is 4.79 Å². The van der Waals surface area contributed by atoms with Crippen LogP contribution in [0.5, 0.6) is 0 Å². The fourth-order valence-electron chi connectivity index (χ4n) is 4.93. The molecule has 5 rings (SSSR count). The van der Waals surface area contributed by atoms with Crippen molar-refractivity contribution in [2.24, 2.45) is 5.92 Å². The number of allylic oxidation sites excluding steroid dienone is 1. The Kier molecular flexibility index (Phi) is 4.01. The standard InChI is InChI=1S/C23H24N2O2/c1-2-5-17-8-9-22(26)25-13-16-10-19(23(17)25)14-24(12-16)15-20-11-18-6-3-4-7-21(18)27-20/h2-9,11,16,19H,10,12-15H2,1H3/t16-,19-/m0/s1. The molecule has 0 saturated carbocycles. The lowest BCUT2D eigenvalue weighted by Gasteiger charge is -2.43. The Morgan fingerprint density at radius 2 is 2.04 bits per heavy atom. The number of likely N-dealkylation sites (tertiary alicyclic amines) is 1. The molecule has 0 unspecified atom stereocenters. The van der Waals surface area contributed by atoms with Crippen molar-refractivity contribution in [1.82, 2.24) is 9.47 Å². The first kappa shape index (κ1) is 16.6. The second kappa shape index (κ2) is 6.54. The summed E-state index contributed by atoms with van der Waals surface area (Å²) in [4.78, 5) is 14.9. The molecule has 2 bridgehead atoms. The van der Waals surface area contributed by atoms with E-state index in [1.807, 2.05) is 35.8 Å². The molecule has 2 aliphatic heterocycles. The predicted molar refractivity (Wildman–Crippen MR) is 108 cm³/mol. The van der Waals surface area contributed by atoms with E-state index in [-0.39, 0.29) is 5.56 Å². The van der Waals surface area contributed by atoms with Crippen molar-refractivity contribution < 1.29 is 4.42 Å². The normalized spacial score (nSPS) is 22.4. The van der Waals surface area contributed by atoms with Gasteiger partial charge in [0.15, 0.2) is 0 Å². The second-order valence-corrected chi connectivity index (χ2v) is 7.87. The second-order valence-electron chi connectivity index (χ2n) is 7.87. The number of fused-ring (bicyclic) bond motifs is 5. The lowest BCUT2D eigenvalue weighted by molar-refractivity contribution is 0.108. The minimum absolute atomic E-state index is 0.138. The van der Waals surface area contributed by atoms with Crippen LogP contribution in [0.1, 0.15) is 36.3 Å². The van der Waals surface area contributed by atoms with Crippen LogP contribution in [0.15, 0.2) is 57.8 Å². The van der Waals surface area contributed by atoms with Crippen molar-refractivity contribution in [1.29, 1.82) is 0 Å². The summed E-state index contributed by atoms with van der Waals surface area (Å²) in [6.07, 6.45) is 5.36. The van der Waals surface area contributed by atoms with Crippen molar-refractivity contribution in [2.45, 2.75) is 32.4 Å². The van der Waals surface area contributed by atoms with Gasteiger partial charge in [-0.3, -0.25) is 9.69 Å². The number of benzene rings is 1. The van der Waals surface area contributed by atoms with Crippen molar-refractivity contribution >= 4 is 17.0 Å². The molecule has 1 saturated heterocycles. The number of hydrogen-bond donors (Lipinski definition) is 0. The fraction of sp³-hybridized carbons (Fsp3) is 0.348. The molecule has 0 spiro atoms. The van der Waals surface area contributed by atoms with E-state index in [2.05, 4.69) is 29.2 Å². The van der Waals surface area contributed by atoms with Gasteiger partial charge in [0, 0.05) is 42.7 Å². The van der Waals surface area contributed by atoms with Gasteiger partial charge in [0.1, 0.15) is 11.3 Å². The fourth-order valence-corrected chi connectivity index (χ4v) is 4.93. The number of para-hydroxylation sites is 1. The number of piperidine rings is 1. The Morgan fingerprint density at radius 3 is 2.89 bits per heavy atom. The van der Waals surface area contributed by atoms with Gasteiger partial charge in [-0.15, -0.1) is 0 Å². The molecular weight excluding hydrogens is 336 g/mol. The third kappa shape index (κ3) is 2.94. The van der Waals surface area contributed by atoms with Crippen LogP contribution in [-0.2, 0) is 13.1 Å². The first-order valence-corrected chi connectivity index (χ1v) is 9.77. The van der Waals surface area contributed by atoms with Crippen LogP contribution < -0.4 is 5.56 Å². The molecule has 0 N–H and O–H groups in total. The number of pyridine rings is 1. The summed E-state index contributed by atoms with van der Waals surface area (Å²) >= 11 is 0. The number of furan rings is 1. The van der Waals surface area contributed by atoms with Crippen LogP contribution in [-0.4, -0.2) is 22.6 Å². The zero-order chi connectivity index (χ0) is 18.4. The van der Waals surface area contributed by atoms with Crippen molar-refractivity contribution in [3.63, 3.8) is 0 Å². The van der Waals surface area contributed by atoms with Crippen LogP contribution in [0.4, 0.5) is 0 Å². The summed E-state index contributed by atoms with van der Waals surface area (Å²) in [6, 6.07) is 14.0. The third-order valence-electron chi connectivity index (χ3n) is 5.90. The highest BCUT2D eigenvalue weighted by Gasteiger charge is 2.35. The molecule has 0 amide bonds. The topological polar surface area (TPSA) is 38.4 Å². The molecule has 0 aliphatic carbocycles. The van der Waals surface area contributed by atoms with Gasteiger partial charge in [-0.1, -0.05) is 30.4 Å². The van der Waals surface area contributed by atoms with Crippen LogP contribution in [0, 0.1) is 5.92 Å². The van der Waals surface area contributed by atoms with E-state index >= 15 is 0 Å². The lowest BCUT2D eigenvalue weighted by Crippen LogP contribution is -2.47. The number of rotatable bonds is 3. The zero-order valence-electron chi connectivity index (χ0n) is 15.6. The molecule has 4 nitrogen and oxygen atoms in total. The van der Waals surface area contributed by atoms with Gasteiger partial charge < -0.3 is 8.98 Å². The first-order chi connectivity index (χ1) is 13.2. The average molecular weight is 360 g/mol.